The number of carbonyl (C=O) groups is 1. The van der Waals surface area contributed by atoms with E-state index >= 15 is 0 Å². The second kappa shape index (κ2) is 7.74. The largest absolute Gasteiger partial charge is 0.310 e. The minimum atomic E-state index is -0.341. The second-order valence-electron chi connectivity index (χ2n) is 6.34. The number of aryl methyl sites for hydroxylation is 1. The number of nitrogens with zero attached hydrogens (tertiary/aromatic N) is 4. The van der Waals surface area contributed by atoms with Crippen molar-refractivity contribution in [3.63, 3.8) is 0 Å². The Morgan fingerprint density at radius 1 is 1.19 bits per heavy atom. The highest BCUT2D eigenvalue weighted by Gasteiger charge is 2.19. The summed E-state index contributed by atoms with van der Waals surface area (Å²) in [6.45, 7) is 7.90. The molecule has 0 saturated carbocycles. The predicted molar refractivity (Wildman–Crippen MR) is 103 cm³/mol. The SMILES string of the molecule is Cc1ccc(-c2nc(S[C@@H](C)C(=O)Nc3ccnn3C(C)C)n[nH]2)cc1. The van der Waals surface area contributed by atoms with Crippen LogP contribution in [0, 0.1) is 6.92 Å². The highest BCUT2D eigenvalue weighted by atomic mass is 32.2. The average molecular weight is 370 g/mol. The Morgan fingerprint density at radius 3 is 2.62 bits per heavy atom. The standard InChI is InChI=1S/C18H22N6OS/c1-11(2)24-15(9-10-19-24)20-17(25)13(4)26-18-21-16(22-23-18)14-7-5-12(3)6-8-14/h5-11,13H,1-4H3,(H,20,25)(H,21,22,23)/t13-/m0/s1. The minimum absolute atomic E-state index is 0.112. The lowest BCUT2D eigenvalue weighted by Crippen LogP contribution is -2.24. The van der Waals surface area contributed by atoms with Gasteiger partial charge in [0.1, 0.15) is 5.82 Å². The monoisotopic (exact) mass is 370 g/mol. The van der Waals surface area contributed by atoms with Crippen LogP contribution in [0.1, 0.15) is 32.4 Å². The summed E-state index contributed by atoms with van der Waals surface area (Å²) in [6.07, 6.45) is 1.68. The third-order valence-electron chi connectivity index (χ3n) is 3.85. The fourth-order valence-corrected chi connectivity index (χ4v) is 3.13. The number of carbonyl (C=O) groups excluding carboxylic acids is 1. The summed E-state index contributed by atoms with van der Waals surface area (Å²) in [6, 6.07) is 10.0. The Balaban J connectivity index is 1.64. The summed E-state index contributed by atoms with van der Waals surface area (Å²) in [5.74, 6) is 1.27. The number of anilines is 1. The molecule has 0 fully saturated rings. The van der Waals surface area contributed by atoms with Crippen molar-refractivity contribution in [1.82, 2.24) is 25.0 Å². The predicted octanol–water partition coefficient (Wildman–Crippen LogP) is 3.68. The van der Waals surface area contributed by atoms with E-state index in [2.05, 4.69) is 25.6 Å². The lowest BCUT2D eigenvalue weighted by molar-refractivity contribution is -0.115. The average Bonchev–Trinajstić information content (AvgIpc) is 3.25. The number of amides is 1. The van der Waals surface area contributed by atoms with Gasteiger partial charge in [-0.2, -0.15) is 5.10 Å². The van der Waals surface area contributed by atoms with E-state index in [1.54, 1.807) is 16.9 Å². The number of aromatic amines is 1. The summed E-state index contributed by atoms with van der Waals surface area (Å²) in [4.78, 5) is 16.9. The molecule has 0 aliphatic carbocycles. The van der Waals surface area contributed by atoms with Crippen molar-refractivity contribution in [2.75, 3.05) is 5.32 Å². The van der Waals surface area contributed by atoms with Crippen LogP contribution < -0.4 is 5.32 Å². The third kappa shape index (κ3) is 4.13. The van der Waals surface area contributed by atoms with Crippen LogP contribution in [0.5, 0.6) is 0 Å². The maximum absolute atomic E-state index is 12.5. The van der Waals surface area contributed by atoms with Gasteiger partial charge in [0, 0.05) is 17.7 Å². The molecular formula is C18H22N6OS. The first kappa shape index (κ1) is 18.2. The van der Waals surface area contributed by atoms with Crippen LogP contribution in [-0.4, -0.2) is 36.1 Å². The lowest BCUT2D eigenvalue weighted by Gasteiger charge is -2.14. The number of H-pyrrole nitrogens is 1. The van der Waals surface area contributed by atoms with Crippen molar-refractivity contribution in [2.24, 2.45) is 0 Å². The van der Waals surface area contributed by atoms with Crippen molar-refractivity contribution in [2.45, 2.75) is 44.1 Å². The maximum atomic E-state index is 12.5. The quantitative estimate of drug-likeness (QED) is 0.646. The summed E-state index contributed by atoms with van der Waals surface area (Å²) < 4.78 is 1.78. The van der Waals surface area contributed by atoms with Gasteiger partial charge < -0.3 is 5.32 Å². The minimum Gasteiger partial charge on any atom is -0.310 e. The van der Waals surface area contributed by atoms with Crippen molar-refractivity contribution >= 4 is 23.5 Å². The molecule has 136 valence electrons. The lowest BCUT2D eigenvalue weighted by atomic mass is 10.1. The van der Waals surface area contributed by atoms with Gasteiger partial charge in [-0.05, 0) is 27.7 Å². The Kier molecular flexibility index (Phi) is 5.41. The summed E-state index contributed by atoms with van der Waals surface area (Å²) in [5.41, 5.74) is 2.15. The highest BCUT2D eigenvalue weighted by molar-refractivity contribution is 8.00. The molecule has 0 saturated heterocycles. The molecule has 0 unspecified atom stereocenters. The van der Waals surface area contributed by atoms with E-state index in [-0.39, 0.29) is 17.2 Å². The summed E-state index contributed by atoms with van der Waals surface area (Å²) in [5, 5.41) is 14.5. The van der Waals surface area contributed by atoms with Gasteiger partial charge in [0.05, 0.1) is 11.4 Å². The smallest absolute Gasteiger partial charge is 0.238 e. The van der Waals surface area contributed by atoms with Gasteiger partial charge in [0.25, 0.3) is 0 Å². The van der Waals surface area contributed by atoms with E-state index in [0.29, 0.717) is 16.8 Å². The van der Waals surface area contributed by atoms with Crippen molar-refractivity contribution < 1.29 is 4.79 Å². The highest BCUT2D eigenvalue weighted by Crippen LogP contribution is 2.24. The molecule has 0 bridgehead atoms. The molecule has 1 aromatic carbocycles. The summed E-state index contributed by atoms with van der Waals surface area (Å²) in [7, 11) is 0. The molecule has 3 rings (SSSR count). The molecular weight excluding hydrogens is 348 g/mol. The molecule has 26 heavy (non-hydrogen) atoms. The molecule has 2 heterocycles. The Labute approximate surface area is 156 Å². The first-order chi connectivity index (χ1) is 12.4. The topological polar surface area (TPSA) is 88.5 Å². The van der Waals surface area contributed by atoms with Gasteiger partial charge in [0.2, 0.25) is 11.1 Å². The Morgan fingerprint density at radius 2 is 1.92 bits per heavy atom. The van der Waals surface area contributed by atoms with Crippen LogP contribution in [0.15, 0.2) is 41.7 Å². The summed E-state index contributed by atoms with van der Waals surface area (Å²) >= 11 is 1.31. The van der Waals surface area contributed by atoms with Gasteiger partial charge in [-0.1, -0.05) is 41.6 Å². The number of nitrogens with one attached hydrogen (secondary N) is 2. The molecule has 2 N–H and O–H groups in total. The van der Waals surface area contributed by atoms with E-state index in [9.17, 15) is 4.79 Å². The van der Waals surface area contributed by atoms with E-state index in [1.807, 2.05) is 52.0 Å². The number of aromatic nitrogens is 5. The van der Waals surface area contributed by atoms with Crippen molar-refractivity contribution in [3.8, 4) is 11.4 Å². The van der Waals surface area contributed by atoms with Crippen LogP contribution in [0.3, 0.4) is 0 Å². The number of hydrogen-bond donors (Lipinski definition) is 2. The Hall–Kier alpha value is -2.61. The third-order valence-corrected chi connectivity index (χ3v) is 4.81. The van der Waals surface area contributed by atoms with Gasteiger partial charge in [-0.3, -0.25) is 9.89 Å². The number of rotatable bonds is 6. The van der Waals surface area contributed by atoms with Gasteiger partial charge >= 0.3 is 0 Å². The number of thioether (sulfide) groups is 1. The molecule has 0 radical (unpaired) electrons. The molecule has 8 heteroatoms. The molecule has 3 aromatic rings. The molecule has 7 nitrogen and oxygen atoms in total. The number of hydrogen-bond acceptors (Lipinski definition) is 5. The van der Waals surface area contributed by atoms with E-state index < -0.39 is 0 Å². The van der Waals surface area contributed by atoms with E-state index in [1.165, 1.54) is 17.3 Å². The maximum Gasteiger partial charge on any atom is 0.238 e. The number of benzene rings is 1. The van der Waals surface area contributed by atoms with Gasteiger partial charge in [-0.25, -0.2) is 9.67 Å². The fourth-order valence-electron chi connectivity index (χ4n) is 2.40. The van der Waals surface area contributed by atoms with Crippen LogP contribution in [-0.2, 0) is 4.79 Å². The second-order valence-corrected chi connectivity index (χ2v) is 7.64. The first-order valence-electron chi connectivity index (χ1n) is 8.44. The molecule has 0 aliphatic rings. The zero-order valence-corrected chi connectivity index (χ0v) is 16.0. The molecule has 1 atom stereocenters. The van der Waals surface area contributed by atoms with Gasteiger partial charge in [0.15, 0.2) is 5.82 Å². The van der Waals surface area contributed by atoms with E-state index in [0.717, 1.165) is 5.56 Å². The van der Waals surface area contributed by atoms with E-state index in [4.69, 9.17) is 0 Å². The molecule has 2 aromatic heterocycles. The first-order valence-corrected chi connectivity index (χ1v) is 9.32. The molecule has 0 aliphatic heterocycles. The molecule has 1 amide bonds. The Bertz CT molecular complexity index is 883. The fraction of sp³-hybridized carbons (Fsp3) is 0.333. The van der Waals surface area contributed by atoms with Gasteiger partial charge in [-0.15, -0.1) is 5.10 Å². The normalized spacial score (nSPS) is 12.3. The van der Waals surface area contributed by atoms with Crippen LogP contribution in [0.25, 0.3) is 11.4 Å². The van der Waals surface area contributed by atoms with Crippen molar-refractivity contribution in [3.05, 3.63) is 42.1 Å². The zero-order valence-electron chi connectivity index (χ0n) is 15.2. The van der Waals surface area contributed by atoms with Crippen LogP contribution in [0.2, 0.25) is 0 Å². The molecule has 0 spiro atoms. The van der Waals surface area contributed by atoms with Crippen LogP contribution in [0.4, 0.5) is 5.82 Å². The van der Waals surface area contributed by atoms with Crippen LogP contribution >= 0.6 is 11.8 Å². The zero-order chi connectivity index (χ0) is 18.7. The van der Waals surface area contributed by atoms with Crippen molar-refractivity contribution in [1.29, 1.82) is 0 Å².